The summed E-state index contributed by atoms with van der Waals surface area (Å²) in [5.74, 6) is 1.87. The van der Waals surface area contributed by atoms with E-state index in [-0.39, 0.29) is 0 Å². The van der Waals surface area contributed by atoms with Crippen molar-refractivity contribution in [3.05, 3.63) is 224 Å². The highest BCUT2D eigenvalue weighted by atomic mass is 15.0. The van der Waals surface area contributed by atoms with Crippen LogP contribution in [0, 0.1) is 0 Å². The Morgan fingerprint density at radius 3 is 1.19 bits per heavy atom. The molecule has 3 nitrogen and oxygen atoms in total. The van der Waals surface area contributed by atoms with E-state index in [1.807, 2.05) is 12.1 Å². The molecule has 0 aliphatic heterocycles. The second kappa shape index (κ2) is 15.4. The SMILES string of the molecule is c1ccc(-c2ccc(-c3nc(-c4cccc(-c5ccccc5)c4)nc(-c4cccc(-c5ccc(-c6ccccc6)cc5-c5ccc6ccccc6c5)c4)n3)cc2)cc1. The summed E-state index contributed by atoms with van der Waals surface area (Å²) < 4.78 is 0. The van der Waals surface area contributed by atoms with Crippen molar-refractivity contribution in [2.75, 3.05) is 0 Å². The van der Waals surface area contributed by atoms with Crippen LogP contribution in [0.2, 0.25) is 0 Å². The first-order valence-electron chi connectivity index (χ1n) is 19.6. The van der Waals surface area contributed by atoms with Gasteiger partial charge in [0.05, 0.1) is 0 Å². The minimum absolute atomic E-state index is 0.618. The predicted octanol–water partition coefficient (Wildman–Crippen LogP) is 14.4. The zero-order valence-electron chi connectivity index (χ0n) is 31.7. The average Bonchev–Trinajstić information content (AvgIpc) is 3.32. The third-order valence-electron chi connectivity index (χ3n) is 10.7. The summed E-state index contributed by atoms with van der Waals surface area (Å²) in [7, 11) is 0. The lowest BCUT2D eigenvalue weighted by Gasteiger charge is -2.15. The summed E-state index contributed by atoms with van der Waals surface area (Å²) in [4.78, 5) is 15.5. The van der Waals surface area contributed by atoms with Crippen LogP contribution in [0.15, 0.2) is 224 Å². The summed E-state index contributed by atoms with van der Waals surface area (Å²) >= 11 is 0. The topological polar surface area (TPSA) is 38.7 Å². The Kier molecular flexibility index (Phi) is 9.23. The van der Waals surface area contributed by atoms with E-state index in [0.717, 1.165) is 50.1 Å². The van der Waals surface area contributed by atoms with Crippen LogP contribution in [0.4, 0.5) is 0 Å². The van der Waals surface area contributed by atoms with Crippen LogP contribution in [-0.2, 0) is 0 Å². The molecule has 0 unspecified atom stereocenters. The Morgan fingerprint density at radius 1 is 0.190 bits per heavy atom. The fraction of sp³-hybridized carbons (Fsp3) is 0. The molecule has 0 amide bonds. The van der Waals surface area contributed by atoms with Crippen molar-refractivity contribution < 1.29 is 0 Å². The van der Waals surface area contributed by atoms with Crippen molar-refractivity contribution in [1.29, 1.82) is 0 Å². The van der Waals surface area contributed by atoms with Crippen molar-refractivity contribution in [2.45, 2.75) is 0 Å². The number of nitrogens with zero attached hydrogens (tertiary/aromatic N) is 3. The number of hydrogen-bond donors (Lipinski definition) is 0. The first-order valence-corrected chi connectivity index (χ1v) is 19.6. The number of benzene rings is 9. The quantitative estimate of drug-likeness (QED) is 0.156. The third-order valence-corrected chi connectivity index (χ3v) is 10.7. The molecule has 58 heavy (non-hydrogen) atoms. The zero-order valence-corrected chi connectivity index (χ0v) is 31.7. The van der Waals surface area contributed by atoms with Crippen LogP contribution in [-0.4, -0.2) is 15.0 Å². The molecule has 0 radical (unpaired) electrons. The lowest BCUT2D eigenvalue weighted by atomic mass is 9.89. The Hall–Kier alpha value is -7.75. The standard InChI is InChI=1S/C55H37N3/c1-4-14-38(15-5-1)42-26-29-43(30-27-42)53-56-54(49-24-12-22-45(35-49)39-16-6-2-7-17-39)58-55(57-53)50-25-13-23-47(36-50)51-33-32-46(40-18-8-3-9-19-40)37-52(51)48-31-28-41-20-10-11-21-44(41)34-48/h1-37H. The van der Waals surface area contributed by atoms with Crippen LogP contribution in [0.3, 0.4) is 0 Å². The predicted molar refractivity (Wildman–Crippen MR) is 241 cm³/mol. The molecular formula is C55H37N3. The van der Waals surface area contributed by atoms with Gasteiger partial charge < -0.3 is 0 Å². The van der Waals surface area contributed by atoms with E-state index in [0.29, 0.717) is 17.5 Å². The first kappa shape index (κ1) is 34.7. The highest BCUT2D eigenvalue weighted by molar-refractivity contribution is 5.93. The molecule has 9 aromatic carbocycles. The van der Waals surface area contributed by atoms with Crippen LogP contribution in [0.25, 0.3) is 101 Å². The molecule has 1 heterocycles. The van der Waals surface area contributed by atoms with Crippen molar-refractivity contribution in [3.63, 3.8) is 0 Å². The van der Waals surface area contributed by atoms with Gasteiger partial charge >= 0.3 is 0 Å². The van der Waals surface area contributed by atoms with Crippen LogP contribution >= 0.6 is 0 Å². The summed E-state index contributed by atoms with van der Waals surface area (Å²) in [5.41, 5.74) is 14.2. The van der Waals surface area contributed by atoms with Gasteiger partial charge in [-0.3, -0.25) is 0 Å². The molecule has 0 bridgehead atoms. The molecule has 0 fully saturated rings. The highest BCUT2D eigenvalue weighted by Gasteiger charge is 2.16. The van der Waals surface area contributed by atoms with Crippen LogP contribution < -0.4 is 0 Å². The lowest BCUT2D eigenvalue weighted by Crippen LogP contribution is -2.00. The van der Waals surface area contributed by atoms with Gasteiger partial charge in [-0.25, -0.2) is 15.0 Å². The van der Waals surface area contributed by atoms with E-state index in [9.17, 15) is 0 Å². The molecule has 3 heteroatoms. The van der Waals surface area contributed by atoms with Crippen LogP contribution in [0.5, 0.6) is 0 Å². The normalized spacial score (nSPS) is 11.1. The Morgan fingerprint density at radius 2 is 0.569 bits per heavy atom. The maximum atomic E-state index is 5.18. The molecule has 0 saturated carbocycles. The smallest absolute Gasteiger partial charge is 0.164 e. The van der Waals surface area contributed by atoms with E-state index in [4.69, 9.17) is 15.0 Å². The molecule has 0 spiro atoms. The Balaban J connectivity index is 1.11. The first-order chi connectivity index (χ1) is 28.7. The van der Waals surface area contributed by atoms with Gasteiger partial charge in [-0.05, 0) is 90.7 Å². The van der Waals surface area contributed by atoms with Crippen molar-refractivity contribution in [1.82, 2.24) is 15.0 Å². The van der Waals surface area contributed by atoms with E-state index >= 15 is 0 Å². The number of fused-ring (bicyclic) bond motifs is 1. The average molecular weight is 740 g/mol. The van der Waals surface area contributed by atoms with Crippen molar-refractivity contribution in [2.24, 2.45) is 0 Å². The Bertz CT molecular complexity index is 3030. The fourth-order valence-corrected chi connectivity index (χ4v) is 7.70. The third kappa shape index (κ3) is 7.09. The van der Waals surface area contributed by atoms with Gasteiger partial charge in [0.1, 0.15) is 0 Å². The monoisotopic (exact) mass is 739 g/mol. The van der Waals surface area contributed by atoms with E-state index < -0.39 is 0 Å². The fourth-order valence-electron chi connectivity index (χ4n) is 7.70. The molecule has 0 N–H and O–H groups in total. The number of rotatable bonds is 8. The minimum Gasteiger partial charge on any atom is -0.208 e. The maximum Gasteiger partial charge on any atom is 0.164 e. The molecule has 272 valence electrons. The summed E-state index contributed by atoms with van der Waals surface area (Å²) in [5, 5.41) is 2.43. The van der Waals surface area contributed by atoms with E-state index in [2.05, 4.69) is 212 Å². The summed E-state index contributed by atoms with van der Waals surface area (Å²) in [6.45, 7) is 0. The molecule has 0 aliphatic rings. The second-order valence-corrected chi connectivity index (χ2v) is 14.5. The maximum absolute atomic E-state index is 5.18. The van der Waals surface area contributed by atoms with Gasteiger partial charge in [0, 0.05) is 16.7 Å². The minimum atomic E-state index is 0.618. The van der Waals surface area contributed by atoms with Gasteiger partial charge in [-0.2, -0.15) is 0 Å². The molecule has 1 aromatic heterocycles. The van der Waals surface area contributed by atoms with E-state index in [1.165, 1.54) is 33.0 Å². The molecule has 0 aliphatic carbocycles. The summed E-state index contributed by atoms with van der Waals surface area (Å²) in [6.07, 6.45) is 0. The highest BCUT2D eigenvalue weighted by Crippen LogP contribution is 2.38. The number of aromatic nitrogens is 3. The van der Waals surface area contributed by atoms with Crippen LogP contribution in [0.1, 0.15) is 0 Å². The molecular weight excluding hydrogens is 703 g/mol. The van der Waals surface area contributed by atoms with Gasteiger partial charge in [-0.15, -0.1) is 0 Å². The zero-order chi connectivity index (χ0) is 38.7. The van der Waals surface area contributed by atoms with Crippen molar-refractivity contribution >= 4 is 10.8 Å². The summed E-state index contributed by atoms with van der Waals surface area (Å²) in [6, 6.07) is 79.0. The van der Waals surface area contributed by atoms with Gasteiger partial charge in [0.15, 0.2) is 17.5 Å². The molecule has 0 atom stereocenters. The van der Waals surface area contributed by atoms with Gasteiger partial charge in [0.25, 0.3) is 0 Å². The molecule has 10 rings (SSSR count). The van der Waals surface area contributed by atoms with Crippen molar-refractivity contribution in [3.8, 4) is 89.8 Å². The largest absolute Gasteiger partial charge is 0.208 e. The van der Waals surface area contributed by atoms with Gasteiger partial charge in [0.2, 0.25) is 0 Å². The lowest BCUT2D eigenvalue weighted by molar-refractivity contribution is 1.07. The van der Waals surface area contributed by atoms with E-state index in [1.54, 1.807) is 0 Å². The molecule has 0 saturated heterocycles. The second-order valence-electron chi connectivity index (χ2n) is 14.5. The molecule has 10 aromatic rings. The van der Waals surface area contributed by atoms with Gasteiger partial charge in [-0.1, -0.05) is 200 Å². The Labute approximate surface area is 338 Å². The number of hydrogen-bond acceptors (Lipinski definition) is 3.